The summed E-state index contributed by atoms with van der Waals surface area (Å²) in [6.45, 7) is 8.52. The first kappa shape index (κ1) is 13.4. The lowest BCUT2D eigenvalue weighted by molar-refractivity contribution is 0.0578. The summed E-state index contributed by atoms with van der Waals surface area (Å²) in [6, 6.07) is 8.66. The SMILES string of the molecule is CCOc1ccc(C2(CNC)CC(C)(C)C2)cc1. The zero-order chi connectivity index (χ0) is 13.2. The third kappa shape index (κ3) is 2.54. The van der Waals surface area contributed by atoms with Gasteiger partial charge in [-0.15, -0.1) is 0 Å². The largest absolute Gasteiger partial charge is 0.494 e. The molecule has 1 N–H and O–H groups in total. The molecule has 0 heterocycles. The highest BCUT2D eigenvalue weighted by Gasteiger charge is 2.49. The Hall–Kier alpha value is -1.02. The van der Waals surface area contributed by atoms with E-state index in [1.807, 2.05) is 14.0 Å². The van der Waals surface area contributed by atoms with E-state index in [-0.39, 0.29) is 0 Å². The summed E-state index contributed by atoms with van der Waals surface area (Å²) in [5, 5.41) is 3.36. The van der Waals surface area contributed by atoms with Crippen LogP contribution in [0.2, 0.25) is 0 Å². The topological polar surface area (TPSA) is 21.3 Å². The van der Waals surface area contributed by atoms with Crippen LogP contribution in [0.15, 0.2) is 24.3 Å². The number of nitrogens with one attached hydrogen (secondary N) is 1. The zero-order valence-electron chi connectivity index (χ0n) is 12.0. The molecule has 0 bridgehead atoms. The normalized spacial score (nSPS) is 20.2. The predicted molar refractivity (Wildman–Crippen MR) is 76.2 cm³/mol. The standard InChI is InChI=1S/C16H25NO/c1-5-18-14-8-6-13(7-9-14)16(12-17-4)10-15(2,3)11-16/h6-9,17H,5,10-12H2,1-4H3. The van der Waals surface area contributed by atoms with Crippen molar-refractivity contribution in [2.45, 2.75) is 39.0 Å². The van der Waals surface area contributed by atoms with Gasteiger partial charge in [-0.3, -0.25) is 0 Å². The minimum absolute atomic E-state index is 0.322. The van der Waals surface area contributed by atoms with Crippen LogP contribution in [-0.2, 0) is 5.41 Å². The highest BCUT2D eigenvalue weighted by molar-refractivity contribution is 5.35. The Morgan fingerprint density at radius 3 is 2.22 bits per heavy atom. The molecule has 0 radical (unpaired) electrons. The van der Waals surface area contributed by atoms with Gasteiger partial charge in [0, 0.05) is 12.0 Å². The molecule has 1 aromatic rings. The molecule has 1 saturated carbocycles. The van der Waals surface area contributed by atoms with Crippen LogP contribution < -0.4 is 10.1 Å². The second-order valence-corrected chi connectivity index (χ2v) is 6.29. The van der Waals surface area contributed by atoms with E-state index in [2.05, 4.69) is 43.4 Å². The lowest BCUT2D eigenvalue weighted by atomic mass is 9.52. The number of likely N-dealkylation sites (N-methyl/N-ethyl adjacent to an activating group) is 1. The summed E-state index contributed by atoms with van der Waals surface area (Å²) in [5.74, 6) is 0.972. The number of ether oxygens (including phenoxy) is 1. The molecule has 0 spiro atoms. The number of hydrogen-bond donors (Lipinski definition) is 1. The van der Waals surface area contributed by atoms with Gasteiger partial charge in [0.15, 0.2) is 0 Å². The number of hydrogen-bond acceptors (Lipinski definition) is 2. The van der Waals surface area contributed by atoms with Crippen LogP contribution in [0.4, 0.5) is 0 Å². The summed E-state index contributed by atoms with van der Waals surface area (Å²) >= 11 is 0. The Labute approximate surface area is 111 Å². The van der Waals surface area contributed by atoms with E-state index in [1.165, 1.54) is 18.4 Å². The van der Waals surface area contributed by atoms with Crippen molar-refractivity contribution in [2.24, 2.45) is 5.41 Å². The van der Waals surface area contributed by atoms with E-state index >= 15 is 0 Å². The van der Waals surface area contributed by atoms with E-state index in [0.717, 1.165) is 18.9 Å². The van der Waals surface area contributed by atoms with Crippen LogP contribution in [0.3, 0.4) is 0 Å². The fraction of sp³-hybridized carbons (Fsp3) is 0.625. The molecule has 1 aromatic carbocycles. The molecule has 0 aliphatic heterocycles. The third-order valence-corrected chi connectivity index (χ3v) is 3.93. The molecule has 2 nitrogen and oxygen atoms in total. The molecular formula is C16H25NO. The average Bonchev–Trinajstić information content (AvgIpc) is 2.28. The fourth-order valence-electron chi connectivity index (χ4n) is 3.62. The van der Waals surface area contributed by atoms with Gasteiger partial charge in [0.2, 0.25) is 0 Å². The smallest absolute Gasteiger partial charge is 0.119 e. The fourth-order valence-corrected chi connectivity index (χ4v) is 3.62. The molecule has 1 aliphatic rings. The van der Waals surface area contributed by atoms with Crippen LogP contribution in [-0.4, -0.2) is 20.2 Å². The van der Waals surface area contributed by atoms with Gasteiger partial charge < -0.3 is 10.1 Å². The van der Waals surface area contributed by atoms with Gasteiger partial charge in [-0.2, -0.15) is 0 Å². The van der Waals surface area contributed by atoms with Gasteiger partial charge in [0.1, 0.15) is 5.75 Å². The van der Waals surface area contributed by atoms with Crippen molar-refractivity contribution in [2.75, 3.05) is 20.2 Å². The molecule has 0 amide bonds. The molecule has 0 aromatic heterocycles. The monoisotopic (exact) mass is 247 g/mol. The lowest BCUT2D eigenvalue weighted by Gasteiger charge is -2.54. The minimum Gasteiger partial charge on any atom is -0.494 e. The average molecular weight is 247 g/mol. The van der Waals surface area contributed by atoms with Gasteiger partial charge in [-0.05, 0) is 49.9 Å². The van der Waals surface area contributed by atoms with Gasteiger partial charge >= 0.3 is 0 Å². The maximum absolute atomic E-state index is 5.51. The van der Waals surface area contributed by atoms with Crippen LogP contribution in [0.1, 0.15) is 39.2 Å². The van der Waals surface area contributed by atoms with E-state index in [0.29, 0.717) is 10.8 Å². The van der Waals surface area contributed by atoms with E-state index < -0.39 is 0 Å². The molecule has 1 aliphatic carbocycles. The van der Waals surface area contributed by atoms with Crippen molar-refractivity contribution in [1.29, 1.82) is 0 Å². The second kappa shape index (κ2) is 4.93. The summed E-state index contributed by atoms with van der Waals surface area (Å²) in [7, 11) is 2.04. The van der Waals surface area contributed by atoms with Crippen LogP contribution in [0.25, 0.3) is 0 Å². The predicted octanol–water partition coefficient (Wildman–Crippen LogP) is 3.36. The zero-order valence-corrected chi connectivity index (χ0v) is 12.0. The Morgan fingerprint density at radius 1 is 1.17 bits per heavy atom. The summed E-state index contributed by atoms with van der Waals surface area (Å²) in [5.41, 5.74) is 2.25. The van der Waals surface area contributed by atoms with Crippen molar-refractivity contribution in [3.05, 3.63) is 29.8 Å². The van der Waals surface area contributed by atoms with Crippen molar-refractivity contribution < 1.29 is 4.74 Å². The maximum atomic E-state index is 5.51. The Balaban J connectivity index is 2.17. The molecule has 100 valence electrons. The quantitative estimate of drug-likeness (QED) is 0.861. The van der Waals surface area contributed by atoms with Crippen molar-refractivity contribution in [1.82, 2.24) is 5.32 Å². The molecule has 2 heteroatoms. The van der Waals surface area contributed by atoms with Crippen molar-refractivity contribution in [3.63, 3.8) is 0 Å². The molecule has 2 rings (SSSR count). The van der Waals surface area contributed by atoms with Crippen molar-refractivity contribution in [3.8, 4) is 5.75 Å². The Morgan fingerprint density at radius 2 is 1.78 bits per heavy atom. The molecule has 0 saturated heterocycles. The summed E-state index contributed by atoms with van der Waals surface area (Å²) in [4.78, 5) is 0. The highest BCUT2D eigenvalue weighted by Crippen LogP contribution is 2.55. The number of benzene rings is 1. The number of rotatable bonds is 5. The van der Waals surface area contributed by atoms with E-state index in [9.17, 15) is 0 Å². The molecule has 0 unspecified atom stereocenters. The Kier molecular flexibility index (Phi) is 3.67. The van der Waals surface area contributed by atoms with Gasteiger partial charge in [-0.1, -0.05) is 26.0 Å². The van der Waals surface area contributed by atoms with Gasteiger partial charge in [-0.25, -0.2) is 0 Å². The molecule has 0 atom stereocenters. The Bertz CT molecular complexity index is 386. The lowest BCUT2D eigenvalue weighted by Crippen LogP contribution is -2.51. The van der Waals surface area contributed by atoms with Crippen molar-refractivity contribution >= 4 is 0 Å². The minimum atomic E-state index is 0.322. The maximum Gasteiger partial charge on any atom is 0.119 e. The first-order valence-corrected chi connectivity index (χ1v) is 6.89. The van der Waals surface area contributed by atoms with E-state index in [4.69, 9.17) is 4.74 Å². The van der Waals surface area contributed by atoms with Gasteiger partial charge in [0.25, 0.3) is 0 Å². The van der Waals surface area contributed by atoms with E-state index in [1.54, 1.807) is 0 Å². The summed E-state index contributed by atoms with van der Waals surface area (Å²) < 4.78 is 5.51. The van der Waals surface area contributed by atoms with Crippen LogP contribution in [0.5, 0.6) is 5.75 Å². The first-order chi connectivity index (χ1) is 8.51. The van der Waals surface area contributed by atoms with Crippen LogP contribution >= 0.6 is 0 Å². The van der Waals surface area contributed by atoms with Gasteiger partial charge in [0.05, 0.1) is 6.61 Å². The first-order valence-electron chi connectivity index (χ1n) is 6.89. The third-order valence-electron chi connectivity index (χ3n) is 3.93. The summed E-state index contributed by atoms with van der Waals surface area (Å²) in [6.07, 6.45) is 2.52. The molecular weight excluding hydrogens is 222 g/mol. The molecule has 1 fully saturated rings. The van der Waals surface area contributed by atoms with Crippen LogP contribution in [0, 0.1) is 5.41 Å². The highest BCUT2D eigenvalue weighted by atomic mass is 16.5. The molecule has 18 heavy (non-hydrogen) atoms. The second-order valence-electron chi connectivity index (χ2n) is 6.29.